The van der Waals surface area contributed by atoms with E-state index in [0.717, 1.165) is 12.3 Å². The minimum absolute atomic E-state index is 0.883. The summed E-state index contributed by atoms with van der Waals surface area (Å²) >= 11 is 1.65. The van der Waals surface area contributed by atoms with Gasteiger partial charge in [-0.1, -0.05) is 0 Å². The van der Waals surface area contributed by atoms with Crippen LogP contribution in [0.25, 0.3) is 0 Å². The average Bonchev–Trinajstić information content (AvgIpc) is 1.90. The van der Waals surface area contributed by atoms with E-state index in [9.17, 15) is 0 Å². The zero-order chi connectivity index (χ0) is 4.95. The molecule has 0 saturated carbocycles. The summed E-state index contributed by atoms with van der Waals surface area (Å²) in [4.78, 5) is 3.88. The summed E-state index contributed by atoms with van der Waals surface area (Å²) in [5.41, 5.74) is 0. The van der Waals surface area contributed by atoms with Gasteiger partial charge in [0.05, 0.1) is 6.21 Å². The second-order valence-electron chi connectivity index (χ2n) is 1.12. The Kier molecular flexibility index (Phi) is 2.00. The molecule has 0 aromatic heterocycles. The van der Waals surface area contributed by atoms with Gasteiger partial charge in [-0.25, -0.2) is 0 Å². The van der Waals surface area contributed by atoms with E-state index in [1.165, 1.54) is 0 Å². The minimum atomic E-state index is 0.883. The van der Waals surface area contributed by atoms with Gasteiger partial charge in [0.15, 0.2) is 0 Å². The lowest BCUT2D eigenvalue weighted by molar-refractivity contribution is 1.16. The monoisotopic (exact) mass is 111 g/mol. The van der Waals surface area contributed by atoms with Gasteiger partial charge >= 0.3 is 0 Å². The van der Waals surface area contributed by atoms with Crippen LogP contribution in [0.5, 0.6) is 0 Å². The highest BCUT2D eigenvalue weighted by Crippen LogP contribution is 2.00. The molecular formula is C5H5NS. The van der Waals surface area contributed by atoms with Gasteiger partial charge in [-0.3, -0.25) is 4.99 Å². The number of nitrogens with zero attached hydrogens (tertiary/aromatic N) is 1. The molecule has 1 heterocycles. The van der Waals surface area contributed by atoms with Gasteiger partial charge in [-0.15, -0.1) is 11.8 Å². The van der Waals surface area contributed by atoms with E-state index < -0.39 is 0 Å². The van der Waals surface area contributed by atoms with Crippen molar-refractivity contribution in [3.05, 3.63) is 11.5 Å². The van der Waals surface area contributed by atoms with Crippen molar-refractivity contribution in [3.8, 4) is 0 Å². The maximum absolute atomic E-state index is 3.88. The van der Waals surface area contributed by atoms with E-state index in [2.05, 4.69) is 16.6 Å². The molecule has 0 aromatic carbocycles. The van der Waals surface area contributed by atoms with E-state index >= 15 is 0 Å². The number of thioether (sulfide) groups is 1. The molecule has 0 bridgehead atoms. The summed E-state index contributed by atoms with van der Waals surface area (Å²) in [6.45, 7) is 0.883. The lowest BCUT2D eigenvalue weighted by Gasteiger charge is -1.81. The zero-order valence-corrected chi connectivity index (χ0v) is 4.66. The van der Waals surface area contributed by atoms with Gasteiger partial charge in [-0.05, 0) is 6.08 Å². The summed E-state index contributed by atoms with van der Waals surface area (Å²) < 4.78 is 0. The lowest BCUT2D eigenvalue weighted by atomic mass is 10.7. The Balaban J connectivity index is 2.39. The number of hydrogen-bond donors (Lipinski definition) is 0. The van der Waals surface area contributed by atoms with Crippen molar-refractivity contribution >= 4 is 18.0 Å². The maximum atomic E-state index is 3.88. The average molecular weight is 111 g/mol. The van der Waals surface area contributed by atoms with E-state index in [0.29, 0.717) is 0 Å². The molecule has 0 amide bonds. The van der Waals surface area contributed by atoms with Crippen LogP contribution in [0.3, 0.4) is 0 Å². The summed E-state index contributed by atoms with van der Waals surface area (Å²) in [6.07, 6.45) is 4.44. The quantitative estimate of drug-likeness (QED) is 0.454. The van der Waals surface area contributed by atoms with Gasteiger partial charge in [0.1, 0.15) is 0 Å². The Morgan fingerprint density at radius 2 is 2.71 bits per heavy atom. The fraction of sp³-hybridized carbons (Fsp3) is 0.400. The number of hydrogen-bond acceptors (Lipinski definition) is 2. The SMILES string of the molecule is [C]1=C[C]=NCCS1. The highest BCUT2D eigenvalue weighted by molar-refractivity contribution is 8.00. The van der Waals surface area contributed by atoms with Crippen LogP contribution in [-0.4, -0.2) is 18.5 Å². The van der Waals surface area contributed by atoms with Crippen molar-refractivity contribution in [1.82, 2.24) is 0 Å². The summed E-state index contributed by atoms with van der Waals surface area (Å²) in [5.74, 6) is 1.05. The molecule has 0 aromatic rings. The molecule has 0 spiro atoms. The minimum Gasteiger partial charge on any atom is -0.282 e. The van der Waals surface area contributed by atoms with Crippen LogP contribution in [0.4, 0.5) is 0 Å². The van der Waals surface area contributed by atoms with Crippen LogP contribution < -0.4 is 0 Å². The van der Waals surface area contributed by atoms with Gasteiger partial charge < -0.3 is 0 Å². The molecule has 36 valence electrons. The predicted molar refractivity (Wildman–Crippen MR) is 32.6 cm³/mol. The summed E-state index contributed by atoms with van der Waals surface area (Å²) in [7, 11) is 0. The van der Waals surface area contributed by atoms with Crippen molar-refractivity contribution in [3.63, 3.8) is 0 Å². The Hall–Kier alpha value is -0.240. The highest BCUT2D eigenvalue weighted by Gasteiger charge is 1.83. The molecule has 0 N–H and O–H groups in total. The molecule has 1 aliphatic heterocycles. The Morgan fingerprint density at radius 1 is 1.71 bits per heavy atom. The summed E-state index contributed by atoms with van der Waals surface area (Å²) in [5, 5.41) is 2.93. The van der Waals surface area contributed by atoms with Gasteiger partial charge in [0, 0.05) is 17.7 Å². The van der Waals surface area contributed by atoms with Crippen molar-refractivity contribution in [1.29, 1.82) is 0 Å². The van der Waals surface area contributed by atoms with Crippen molar-refractivity contribution in [2.24, 2.45) is 4.99 Å². The molecule has 1 nitrogen and oxygen atoms in total. The molecule has 0 unspecified atom stereocenters. The van der Waals surface area contributed by atoms with E-state index in [-0.39, 0.29) is 0 Å². The van der Waals surface area contributed by atoms with Gasteiger partial charge in [-0.2, -0.15) is 0 Å². The molecule has 0 saturated heterocycles. The standard InChI is InChI=1S/C5H5NS/c1-2-6-3-5-7-4-1/h1H,3,5H2. The van der Waals surface area contributed by atoms with Crippen LogP contribution in [0.1, 0.15) is 0 Å². The van der Waals surface area contributed by atoms with Crippen LogP contribution in [-0.2, 0) is 0 Å². The van der Waals surface area contributed by atoms with Crippen molar-refractivity contribution in [2.75, 3.05) is 12.3 Å². The van der Waals surface area contributed by atoms with Crippen LogP contribution >= 0.6 is 11.8 Å². The third-order valence-corrected chi connectivity index (χ3v) is 1.27. The topological polar surface area (TPSA) is 12.4 Å². The molecule has 0 fully saturated rings. The fourth-order valence-electron chi connectivity index (χ4n) is 0.328. The Labute approximate surface area is 47.5 Å². The second-order valence-corrected chi connectivity index (χ2v) is 2.05. The molecule has 2 radical (unpaired) electrons. The number of aliphatic imine (C=N–C) groups is 1. The first-order valence-electron chi connectivity index (χ1n) is 2.11. The molecular weight excluding hydrogens is 106 g/mol. The van der Waals surface area contributed by atoms with Crippen LogP contribution in [0, 0.1) is 5.41 Å². The van der Waals surface area contributed by atoms with Crippen molar-refractivity contribution in [2.45, 2.75) is 0 Å². The molecule has 1 rings (SSSR count). The summed E-state index contributed by atoms with van der Waals surface area (Å²) in [6, 6.07) is 0. The predicted octanol–water partition coefficient (Wildman–Crippen LogP) is 0.998. The largest absolute Gasteiger partial charge is 0.282 e. The van der Waals surface area contributed by atoms with Crippen LogP contribution in [0.2, 0.25) is 0 Å². The first kappa shape index (κ1) is 4.91. The highest BCUT2D eigenvalue weighted by atomic mass is 32.2. The van der Waals surface area contributed by atoms with Crippen molar-refractivity contribution < 1.29 is 0 Å². The molecule has 1 aliphatic rings. The van der Waals surface area contributed by atoms with E-state index in [1.54, 1.807) is 17.8 Å². The fourth-order valence-corrected chi connectivity index (χ4v) is 0.765. The normalized spacial score (nSPS) is 19.4. The Bertz CT molecular complexity index is 84.3. The smallest absolute Gasteiger partial charge is 0.0838 e. The lowest BCUT2D eigenvalue weighted by Crippen LogP contribution is -1.78. The zero-order valence-electron chi connectivity index (χ0n) is 3.85. The second kappa shape index (κ2) is 2.86. The third-order valence-electron chi connectivity index (χ3n) is 0.603. The van der Waals surface area contributed by atoms with E-state index in [4.69, 9.17) is 0 Å². The number of rotatable bonds is 0. The first-order chi connectivity index (χ1) is 3.50. The maximum Gasteiger partial charge on any atom is 0.0838 e. The Morgan fingerprint density at radius 3 is 3.71 bits per heavy atom. The molecule has 7 heavy (non-hydrogen) atoms. The van der Waals surface area contributed by atoms with Gasteiger partial charge in [0.2, 0.25) is 0 Å². The van der Waals surface area contributed by atoms with E-state index in [1.807, 2.05) is 0 Å². The van der Waals surface area contributed by atoms with Crippen LogP contribution in [0.15, 0.2) is 11.1 Å². The molecule has 0 aliphatic carbocycles. The molecule has 0 atom stereocenters. The first-order valence-corrected chi connectivity index (χ1v) is 3.10. The number of allylic oxidation sites excluding steroid dienone is 1. The molecule has 2 heteroatoms. The van der Waals surface area contributed by atoms with Gasteiger partial charge in [0.25, 0.3) is 0 Å². The third kappa shape index (κ3) is 1.78.